The van der Waals surface area contributed by atoms with Crippen molar-refractivity contribution in [1.29, 1.82) is 0 Å². The number of nitrogens with one attached hydrogen (secondary N) is 1. The molecule has 70 valence electrons. The lowest BCUT2D eigenvalue weighted by atomic mass is 9.72. The minimum Gasteiger partial charge on any atom is -0.313 e. The van der Waals surface area contributed by atoms with Crippen LogP contribution >= 0.6 is 0 Å². The van der Waals surface area contributed by atoms with Crippen molar-refractivity contribution >= 4 is 0 Å². The van der Waals surface area contributed by atoms with Crippen LogP contribution in [-0.4, -0.2) is 12.6 Å². The summed E-state index contributed by atoms with van der Waals surface area (Å²) < 4.78 is 0. The van der Waals surface area contributed by atoms with Gasteiger partial charge in [0, 0.05) is 6.04 Å². The zero-order chi connectivity index (χ0) is 8.39. The van der Waals surface area contributed by atoms with Crippen LogP contribution in [0.3, 0.4) is 0 Å². The van der Waals surface area contributed by atoms with Crippen LogP contribution in [0.1, 0.15) is 45.4 Å². The van der Waals surface area contributed by atoms with Crippen molar-refractivity contribution < 1.29 is 0 Å². The first-order valence-corrected chi connectivity index (χ1v) is 5.65. The highest BCUT2D eigenvalue weighted by Gasteiger charge is 2.33. The van der Waals surface area contributed by atoms with Crippen LogP contribution in [0.2, 0.25) is 0 Å². The van der Waals surface area contributed by atoms with Crippen molar-refractivity contribution in [2.24, 2.45) is 11.8 Å². The highest BCUT2D eigenvalue weighted by atomic mass is 14.9. The van der Waals surface area contributed by atoms with E-state index in [9.17, 15) is 0 Å². The summed E-state index contributed by atoms with van der Waals surface area (Å²) in [6.45, 7) is 3.63. The molecule has 1 aliphatic heterocycles. The number of hydrogen-bond donors (Lipinski definition) is 1. The molecule has 1 nitrogen and oxygen atoms in total. The van der Waals surface area contributed by atoms with E-state index in [0.717, 1.165) is 17.9 Å². The van der Waals surface area contributed by atoms with Crippen LogP contribution < -0.4 is 5.32 Å². The van der Waals surface area contributed by atoms with Gasteiger partial charge in [0.2, 0.25) is 0 Å². The third kappa shape index (κ3) is 1.52. The predicted octanol–water partition coefficient (Wildman–Crippen LogP) is 2.56. The first-order chi connectivity index (χ1) is 5.92. The molecule has 1 N–H and O–H groups in total. The molecule has 3 unspecified atom stereocenters. The molecule has 2 fully saturated rings. The van der Waals surface area contributed by atoms with Gasteiger partial charge in [0.15, 0.2) is 0 Å². The second-order valence-electron chi connectivity index (χ2n) is 4.48. The molecule has 0 amide bonds. The Kier molecular flexibility index (Phi) is 2.69. The van der Waals surface area contributed by atoms with E-state index in [1.54, 1.807) is 0 Å². The Labute approximate surface area is 75.9 Å². The van der Waals surface area contributed by atoms with Gasteiger partial charge in [-0.25, -0.2) is 0 Å². The molecule has 1 saturated heterocycles. The molecule has 0 aromatic rings. The Balaban J connectivity index is 1.99. The summed E-state index contributed by atoms with van der Waals surface area (Å²) >= 11 is 0. The molecule has 0 aromatic heterocycles. The number of piperidine rings is 1. The van der Waals surface area contributed by atoms with Gasteiger partial charge in [-0.3, -0.25) is 0 Å². The number of hydrogen-bond acceptors (Lipinski definition) is 1. The average molecular weight is 167 g/mol. The van der Waals surface area contributed by atoms with Crippen LogP contribution in [0.25, 0.3) is 0 Å². The monoisotopic (exact) mass is 167 g/mol. The zero-order valence-corrected chi connectivity index (χ0v) is 8.18. The van der Waals surface area contributed by atoms with Gasteiger partial charge >= 0.3 is 0 Å². The van der Waals surface area contributed by atoms with Crippen molar-refractivity contribution in [3.8, 4) is 0 Å². The van der Waals surface area contributed by atoms with E-state index in [-0.39, 0.29) is 0 Å². The van der Waals surface area contributed by atoms with Crippen molar-refractivity contribution in [3.05, 3.63) is 0 Å². The zero-order valence-electron chi connectivity index (χ0n) is 8.18. The fourth-order valence-electron chi connectivity index (χ4n) is 3.13. The molecule has 1 saturated carbocycles. The largest absolute Gasteiger partial charge is 0.313 e. The maximum Gasteiger partial charge on any atom is 0.0123 e. The summed E-state index contributed by atoms with van der Waals surface area (Å²) in [5.74, 6) is 2.02. The van der Waals surface area contributed by atoms with E-state index in [4.69, 9.17) is 0 Å². The van der Waals surface area contributed by atoms with Crippen molar-refractivity contribution in [2.45, 2.75) is 51.5 Å². The molecular weight excluding hydrogens is 146 g/mol. The summed E-state index contributed by atoms with van der Waals surface area (Å²) in [6, 6.07) is 0.887. The topological polar surface area (TPSA) is 12.0 Å². The van der Waals surface area contributed by atoms with Gasteiger partial charge < -0.3 is 5.32 Å². The van der Waals surface area contributed by atoms with Crippen LogP contribution in [0.5, 0.6) is 0 Å². The Bertz CT molecular complexity index is 135. The highest BCUT2D eigenvalue weighted by molar-refractivity contribution is 4.89. The normalized spacial score (nSPS) is 42.2. The van der Waals surface area contributed by atoms with Crippen molar-refractivity contribution in [1.82, 2.24) is 5.32 Å². The van der Waals surface area contributed by atoms with E-state index in [0.29, 0.717) is 0 Å². The van der Waals surface area contributed by atoms with Crippen molar-refractivity contribution in [2.75, 3.05) is 6.54 Å². The fourth-order valence-corrected chi connectivity index (χ4v) is 3.13. The lowest BCUT2D eigenvalue weighted by Crippen LogP contribution is -2.48. The first-order valence-electron chi connectivity index (χ1n) is 5.65. The Morgan fingerprint density at radius 2 is 2.00 bits per heavy atom. The van der Waals surface area contributed by atoms with Crippen LogP contribution in [-0.2, 0) is 0 Å². The van der Waals surface area contributed by atoms with Crippen LogP contribution in [0, 0.1) is 11.8 Å². The van der Waals surface area contributed by atoms with E-state index in [1.807, 2.05) is 0 Å². The molecule has 0 spiro atoms. The van der Waals surface area contributed by atoms with Crippen LogP contribution in [0.15, 0.2) is 0 Å². The summed E-state index contributed by atoms with van der Waals surface area (Å²) in [5.41, 5.74) is 0. The second-order valence-corrected chi connectivity index (χ2v) is 4.48. The smallest absolute Gasteiger partial charge is 0.0123 e. The molecule has 0 aromatic carbocycles. The molecule has 0 radical (unpaired) electrons. The Morgan fingerprint density at radius 1 is 1.17 bits per heavy atom. The molecule has 0 bridgehead atoms. The Morgan fingerprint density at radius 3 is 2.83 bits per heavy atom. The molecule has 2 aliphatic rings. The second kappa shape index (κ2) is 3.78. The molecule has 12 heavy (non-hydrogen) atoms. The maximum absolute atomic E-state index is 3.72. The van der Waals surface area contributed by atoms with E-state index in [1.165, 1.54) is 45.1 Å². The number of rotatable bonds is 1. The fraction of sp³-hybridized carbons (Fsp3) is 1.00. The summed E-state index contributed by atoms with van der Waals surface area (Å²) in [4.78, 5) is 0. The molecule has 2 rings (SSSR count). The summed E-state index contributed by atoms with van der Waals surface area (Å²) in [7, 11) is 0. The molecule has 1 aliphatic carbocycles. The van der Waals surface area contributed by atoms with Crippen LogP contribution in [0.4, 0.5) is 0 Å². The third-order valence-electron chi connectivity index (χ3n) is 3.82. The lowest BCUT2D eigenvalue weighted by Gasteiger charge is -2.41. The average Bonchev–Trinajstić information content (AvgIpc) is 2.17. The maximum atomic E-state index is 3.72. The SMILES string of the molecule is CCC1CCCC2CCCNC12. The van der Waals surface area contributed by atoms with E-state index >= 15 is 0 Å². The third-order valence-corrected chi connectivity index (χ3v) is 3.82. The van der Waals surface area contributed by atoms with Gasteiger partial charge in [-0.15, -0.1) is 0 Å². The predicted molar refractivity (Wildman–Crippen MR) is 52.1 cm³/mol. The van der Waals surface area contributed by atoms with Gasteiger partial charge in [0.25, 0.3) is 0 Å². The molecule has 3 atom stereocenters. The van der Waals surface area contributed by atoms with E-state index in [2.05, 4.69) is 12.2 Å². The van der Waals surface area contributed by atoms with Crippen molar-refractivity contribution in [3.63, 3.8) is 0 Å². The summed E-state index contributed by atoms with van der Waals surface area (Å²) in [5, 5.41) is 3.72. The van der Waals surface area contributed by atoms with Gasteiger partial charge in [-0.05, 0) is 44.1 Å². The standard InChI is InChI=1S/C11H21N/c1-2-9-5-3-6-10-7-4-8-12-11(9)10/h9-12H,2-8H2,1H3. The van der Waals surface area contributed by atoms with Gasteiger partial charge in [0.1, 0.15) is 0 Å². The molecule has 1 heteroatoms. The Hall–Kier alpha value is -0.0400. The molecule has 1 heterocycles. The first kappa shape index (κ1) is 8.55. The van der Waals surface area contributed by atoms with Gasteiger partial charge in [-0.2, -0.15) is 0 Å². The highest BCUT2D eigenvalue weighted by Crippen LogP contribution is 2.35. The summed E-state index contributed by atoms with van der Waals surface area (Å²) in [6.07, 6.45) is 8.75. The van der Waals surface area contributed by atoms with E-state index < -0.39 is 0 Å². The lowest BCUT2D eigenvalue weighted by molar-refractivity contribution is 0.143. The minimum absolute atomic E-state index is 0.887. The minimum atomic E-state index is 0.887. The quantitative estimate of drug-likeness (QED) is 0.633. The van der Waals surface area contributed by atoms with Gasteiger partial charge in [0.05, 0.1) is 0 Å². The molecular formula is C11H21N. The van der Waals surface area contributed by atoms with Gasteiger partial charge in [-0.1, -0.05) is 19.8 Å². The number of fused-ring (bicyclic) bond motifs is 1.